The molecule has 2 heteroatoms. The summed E-state index contributed by atoms with van der Waals surface area (Å²) in [5.74, 6) is 0. The zero-order valence-electron chi connectivity index (χ0n) is 11.0. The molecule has 0 bridgehead atoms. The van der Waals surface area contributed by atoms with Gasteiger partial charge >= 0.3 is 0 Å². The monoisotopic (exact) mass is 416 g/mol. The average Bonchev–Trinajstić information content (AvgIpc) is 2.37. The molecule has 0 spiro atoms. The summed E-state index contributed by atoms with van der Waals surface area (Å²) in [4.78, 5) is 4.50. The van der Waals surface area contributed by atoms with Gasteiger partial charge in [-0.25, -0.2) is 0 Å². The molecule has 1 heterocycles. The summed E-state index contributed by atoms with van der Waals surface area (Å²) in [7, 11) is 0. The van der Waals surface area contributed by atoms with Crippen molar-refractivity contribution in [2.45, 2.75) is 13.8 Å². The molecule has 3 rings (SSSR count). The van der Waals surface area contributed by atoms with Crippen LogP contribution in [0, 0.1) is 19.9 Å². The predicted octanol–water partition coefficient (Wildman–Crippen LogP) is 4.32. The van der Waals surface area contributed by atoms with Gasteiger partial charge < -0.3 is 0 Å². The van der Waals surface area contributed by atoms with Crippen LogP contribution >= 0.6 is 0 Å². The average molecular weight is 416 g/mol. The van der Waals surface area contributed by atoms with Crippen LogP contribution in [0.3, 0.4) is 0 Å². The van der Waals surface area contributed by atoms with E-state index in [1.54, 1.807) is 0 Å². The van der Waals surface area contributed by atoms with Gasteiger partial charge in [-0.15, -0.1) is 34.9 Å². The standard InChI is InChI=1S/C17H14N.W/c1-12-9-13(2)11-15(10-12)16-7-3-5-14-6-4-8-18-17(14)16;/h3-10H,1-2H3;/q-1;. The summed E-state index contributed by atoms with van der Waals surface area (Å²) in [6, 6.07) is 18.1. The molecule has 1 aromatic heterocycles. The Kier molecular flexibility index (Phi) is 4.17. The number of nitrogens with zero attached hydrogens (tertiary/aromatic N) is 1. The molecule has 94 valence electrons. The van der Waals surface area contributed by atoms with Gasteiger partial charge in [0.15, 0.2) is 0 Å². The van der Waals surface area contributed by atoms with Crippen molar-refractivity contribution in [3.63, 3.8) is 0 Å². The number of hydrogen-bond donors (Lipinski definition) is 0. The second-order valence-corrected chi connectivity index (χ2v) is 4.64. The Morgan fingerprint density at radius 1 is 1.00 bits per heavy atom. The molecule has 2 aromatic carbocycles. The first-order valence-corrected chi connectivity index (χ1v) is 6.09. The predicted molar refractivity (Wildman–Crippen MR) is 75.5 cm³/mol. The normalized spacial score (nSPS) is 10.2. The summed E-state index contributed by atoms with van der Waals surface area (Å²) in [5.41, 5.74) is 5.74. The molecule has 0 fully saturated rings. The summed E-state index contributed by atoms with van der Waals surface area (Å²) in [6.07, 6.45) is 1.84. The van der Waals surface area contributed by atoms with Crippen LogP contribution in [0.2, 0.25) is 0 Å². The van der Waals surface area contributed by atoms with Gasteiger partial charge in [-0.3, -0.25) is 4.98 Å². The number of para-hydroxylation sites is 1. The number of pyridine rings is 1. The molecular formula is C17H14NW-. The molecule has 0 aliphatic carbocycles. The third-order valence-electron chi connectivity index (χ3n) is 3.07. The van der Waals surface area contributed by atoms with Crippen molar-refractivity contribution in [2.24, 2.45) is 0 Å². The molecule has 0 amide bonds. The summed E-state index contributed by atoms with van der Waals surface area (Å²) >= 11 is 0. The number of fused-ring (bicyclic) bond motifs is 1. The van der Waals surface area contributed by atoms with E-state index in [0.717, 1.165) is 22.2 Å². The van der Waals surface area contributed by atoms with Gasteiger partial charge in [0.25, 0.3) is 0 Å². The maximum absolute atomic E-state index is 4.50. The number of benzene rings is 2. The van der Waals surface area contributed by atoms with Crippen molar-refractivity contribution in [2.75, 3.05) is 0 Å². The molecule has 0 radical (unpaired) electrons. The van der Waals surface area contributed by atoms with Crippen LogP contribution in [0.4, 0.5) is 0 Å². The van der Waals surface area contributed by atoms with Crippen LogP contribution in [0.1, 0.15) is 11.1 Å². The Bertz CT molecular complexity index is 694. The van der Waals surface area contributed by atoms with E-state index in [0.29, 0.717) is 0 Å². The largest absolute Gasteiger partial charge is 0.266 e. The van der Waals surface area contributed by atoms with Crippen LogP contribution < -0.4 is 0 Å². The van der Waals surface area contributed by atoms with Crippen LogP contribution in [-0.2, 0) is 21.1 Å². The summed E-state index contributed by atoms with van der Waals surface area (Å²) < 4.78 is 0. The van der Waals surface area contributed by atoms with Crippen molar-refractivity contribution >= 4 is 10.9 Å². The van der Waals surface area contributed by atoms with E-state index < -0.39 is 0 Å². The quantitative estimate of drug-likeness (QED) is 0.539. The van der Waals surface area contributed by atoms with E-state index in [9.17, 15) is 0 Å². The molecule has 0 aliphatic heterocycles. The number of aromatic nitrogens is 1. The number of rotatable bonds is 1. The first kappa shape index (κ1) is 14.0. The van der Waals surface area contributed by atoms with E-state index in [-0.39, 0.29) is 21.1 Å². The van der Waals surface area contributed by atoms with Crippen LogP contribution in [0.25, 0.3) is 22.0 Å². The molecule has 0 saturated carbocycles. The fourth-order valence-corrected chi connectivity index (χ4v) is 2.36. The van der Waals surface area contributed by atoms with Gasteiger partial charge in [-0.2, -0.15) is 0 Å². The van der Waals surface area contributed by atoms with Crippen molar-refractivity contribution in [3.8, 4) is 11.1 Å². The second kappa shape index (κ2) is 5.67. The third kappa shape index (κ3) is 2.77. The third-order valence-corrected chi connectivity index (χ3v) is 3.07. The zero-order valence-corrected chi connectivity index (χ0v) is 13.9. The van der Waals surface area contributed by atoms with E-state index in [1.165, 1.54) is 10.9 Å². The Hall–Kier alpha value is -1.46. The first-order chi connectivity index (χ1) is 8.74. The fraction of sp³-hybridized carbons (Fsp3) is 0.118. The van der Waals surface area contributed by atoms with Gasteiger partial charge in [0.2, 0.25) is 0 Å². The molecule has 1 nitrogen and oxygen atoms in total. The van der Waals surface area contributed by atoms with Crippen molar-refractivity contribution in [3.05, 3.63) is 65.9 Å². The maximum atomic E-state index is 4.50. The van der Waals surface area contributed by atoms with Gasteiger partial charge in [0.1, 0.15) is 0 Å². The minimum absolute atomic E-state index is 0. The van der Waals surface area contributed by atoms with Gasteiger partial charge in [-0.1, -0.05) is 43.7 Å². The molecule has 0 atom stereocenters. The minimum Gasteiger partial charge on any atom is -0.266 e. The molecule has 0 N–H and O–H groups in total. The molecular weight excluding hydrogens is 402 g/mol. The molecule has 3 aromatic rings. The zero-order chi connectivity index (χ0) is 12.5. The van der Waals surface area contributed by atoms with Crippen LogP contribution in [-0.4, -0.2) is 4.98 Å². The van der Waals surface area contributed by atoms with Gasteiger partial charge in [0.05, 0.1) is 0 Å². The number of hydrogen-bond acceptors (Lipinski definition) is 1. The summed E-state index contributed by atoms with van der Waals surface area (Å²) in [5, 5.41) is 1.17. The molecule has 0 unspecified atom stereocenters. The van der Waals surface area contributed by atoms with Crippen molar-refractivity contribution in [1.82, 2.24) is 4.98 Å². The van der Waals surface area contributed by atoms with E-state index in [1.807, 2.05) is 12.3 Å². The Labute approximate surface area is 128 Å². The minimum atomic E-state index is 0. The van der Waals surface area contributed by atoms with E-state index in [2.05, 4.69) is 61.3 Å². The van der Waals surface area contributed by atoms with E-state index in [4.69, 9.17) is 0 Å². The van der Waals surface area contributed by atoms with Crippen LogP contribution in [0.5, 0.6) is 0 Å². The topological polar surface area (TPSA) is 12.9 Å². The van der Waals surface area contributed by atoms with E-state index >= 15 is 0 Å². The molecule has 0 aliphatic rings. The summed E-state index contributed by atoms with van der Waals surface area (Å²) in [6.45, 7) is 4.19. The molecule has 0 saturated heterocycles. The Balaban J connectivity index is 0.00000133. The number of aryl methyl sites for hydroxylation is 2. The smallest absolute Gasteiger partial charge is 0.0366 e. The molecule has 19 heavy (non-hydrogen) atoms. The Morgan fingerprint density at radius 2 is 1.79 bits per heavy atom. The van der Waals surface area contributed by atoms with Gasteiger partial charge in [-0.05, 0) is 11.5 Å². The van der Waals surface area contributed by atoms with Crippen molar-refractivity contribution < 1.29 is 21.1 Å². The SMILES string of the molecule is Cc1[c-]c(-c2cccc3cccnc23)cc(C)c1.[W]. The van der Waals surface area contributed by atoms with Crippen molar-refractivity contribution in [1.29, 1.82) is 0 Å². The first-order valence-electron chi connectivity index (χ1n) is 6.09. The fourth-order valence-electron chi connectivity index (χ4n) is 2.36. The second-order valence-electron chi connectivity index (χ2n) is 4.64. The van der Waals surface area contributed by atoms with Gasteiger partial charge in [0, 0.05) is 32.8 Å². The Morgan fingerprint density at radius 3 is 2.58 bits per heavy atom. The van der Waals surface area contributed by atoms with Crippen LogP contribution in [0.15, 0.2) is 48.7 Å². The maximum Gasteiger partial charge on any atom is 0.0366 e.